The lowest BCUT2D eigenvalue weighted by Gasteiger charge is -2.34. The number of morpholine rings is 1. The van der Waals surface area contributed by atoms with Crippen LogP contribution in [0.2, 0.25) is 0 Å². The number of rotatable bonds is 12. The first-order chi connectivity index (χ1) is 13.0. The lowest BCUT2D eigenvalue weighted by atomic mass is 10.1. The molecule has 1 rings (SSSR count). The van der Waals surface area contributed by atoms with E-state index in [1.807, 2.05) is 6.92 Å². The molecule has 1 aliphatic heterocycles. The van der Waals surface area contributed by atoms with Gasteiger partial charge in [-0.15, -0.1) is 0 Å². The van der Waals surface area contributed by atoms with E-state index in [9.17, 15) is 4.79 Å². The summed E-state index contributed by atoms with van der Waals surface area (Å²) in [4.78, 5) is 18.0. The zero-order valence-electron chi connectivity index (χ0n) is 17.8. The molecule has 1 heterocycles. The highest BCUT2D eigenvalue weighted by Crippen LogP contribution is 2.07. The molecule has 0 spiro atoms. The largest absolute Gasteiger partial charge is 0.466 e. The van der Waals surface area contributed by atoms with Crippen LogP contribution in [0, 0.1) is 5.92 Å². The number of unbranched alkanes of at least 4 members (excludes halogenated alkanes) is 3. The van der Waals surface area contributed by atoms with Crippen LogP contribution in [-0.2, 0) is 14.3 Å². The summed E-state index contributed by atoms with van der Waals surface area (Å²) in [5.41, 5.74) is 0. The number of carbonyl (C=O) groups excluding carboxylic acids is 1. The Morgan fingerprint density at radius 3 is 2.74 bits per heavy atom. The highest BCUT2D eigenvalue weighted by molar-refractivity contribution is 5.79. The number of esters is 1. The van der Waals surface area contributed by atoms with Crippen LogP contribution in [0.3, 0.4) is 0 Å². The third-order valence-corrected chi connectivity index (χ3v) is 4.47. The number of nitrogens with zero attached hydrogens (tertiary/aromatic N) is 2. The van der Waals surface area contributed by atoms with Gasteiger partial charge in [-0.3, -0.25) is 14.7 Å². The molecule has 0 saturated carbocycles. The second-order valence-corrected chi connectivity index (χ2v) is 7.50. The maximum Gasteiger partial charge on any atom is 0.305 e. The van der Waals surface area contributed by atoms with Crippen LogP contribution >= 0.6 is 0 Å². The number of hydrogen-bond donors (Lipinski definition) is 2. The van der Waals surface area contributed by atoms with E-state index in [1.54, 1.807) is 7.05 Å². The van der Waals surface area contributed by atoms with Gasteiger partial charge in [0.2, 0.25) is 0 Å². The van der Waals surface area contributed by atoms with Gasteiger partial charge in [-0.2, -0.15) is 0 Å². The van der Waals surface area contributed by atoms with Gasteiger partial charge in [0.05, 0.1) is 19.3 Å². The molecule has 0 aliphatic carbocycles. The van der Waals surface area contributed by atoms with Crippen LogP contribution in [0.4, 0.5) is 0 Å². The first-order valence-electron chi connectivity index (χ1n) is 10.5. The monoisotopic (exact) mass is 384 g/mol. The number of ether oxygens (including phenoxy) is 2. The lowest BCUT2D eigenvalue weighted by Crippen LogP contribution is -2.50. The van der Waals surface area contributed by atoms with Gasteiger partial charge in [-0.1, -0.05) is 26.7 Å². The van der Waals surface area contributed by atoms with Gasteiger partial charge in [0.25, 0.3) is 0 Å². The molecule has 1 unspecified atom stereocenters. The quantitative estimate of drug-likeness (QED) is 0.232. The van der Waals surface area contributed by atoms with Gasteiger partial charge >= 0.3 is 5.97 Å². The van der Waals surface area contributed by atoms with E-state index in [-0.39, 0.29) is 12.1 Å². The van der Waals surface area contributed by atoms with Crippen molar-refractivity contribution in [1.29, 1.82) is 0 Å². The smallest absolute Gasteiger partial charge is 0.305 e. The fraction of sp³-hybridized carbons (Fsp3) is 0.900. The van der Waals surface area contributed by atoms with Gasteiger partial charge in [0.15, 0.2) is 5.96 Å². The maximum absolute atomic E-state index is 11.3. The SMILES string of the molecule is CCOC(=O)CCCCCCNC(=NC)NCC1CN(CC(C)C)CCO1. The van der Waals surface area contributed by atoms with E-state index in [4.69, 9.17) is 9.47 Å². The highest BCUT2D eigenvalue weighted by Gasteiger charge is 2.20. The molecule has 0 aromatic heterocycles. The Morgan fingerprint density at radius 2 is 2.04 bits per heavy atom. The summed E-state index contributed by atoms with van der Waals surface area (Å²) in [6, 6.07) is 0. The van der Waals surface area contributed by atoms with Crippen LogP contribution in [0.1, 0.15) is 52.9 Å². The minimum Gasteiger partial charge on any atom is -0.466 e. The molecule has 27 heavy (non-hydrogen) atoms. The van der Waals surface area contributed by atoms with Gasteiger partial charge in [-0.25, -0.2) is 0 Å². The van der Waals surface area contributed by atoms with Crippen molar-refractivity contribution in [1.82, 2.24) is 15.5 Å². The van der Waals surface area contributed by atoms with Crippen molar-refractivity contribution >= 4 is 11.9 Å². The molecule has 1 aliphatic rings. The number of carbonyl (C=O) groups is 1. The number of aliphatic imine (C=N–C) groups is 1. The summed E-state index contributed by atoms with van der Waals surface area (Å²) < 4.78 is 10.8. The van der Waals surface area contributed by atoms with Gasteiger partial charge < -0.3 is 20.1 Å². The van der Waals surface area contributed by atoms with E-state index < -0.39 is 0 Å². The van der Waals surface area contributed by atoms with Crippen molar-refractivity contribution in [3.63, 3.8) is 0 Å². The fourth-order valence-electron chi connectivity index (χ4n) is 3.21. The molecule has 7 nitrogen and oxygen atoms in total. The molecule has 1 fully saturated rings. The molecular weight excluding hydrogens is 344 g/mol. The number of hydrogen-bond acceptors (Lipinski definition) is 5. The first-order valence-corrected chi connectivity index (χ1v) is 10.5. The number of nitrogens with one attached hydrogen (secondary N) is 2. The molecule has 1 saturated heterocycles. The Kier molecular flexibility index (Phi) is 12.9. The molecule has 0 aromatic rings. The van der Waals surface area contributed by atoms with Crippen molar-refractivity contribution in [2.24, 2.45) is 10.9 Å². The Morgan fingerprint density at radius 1 is 1.26 bits per heavy atom. The first kappa shape index (κ1) is 23.7. The standard InChI is InChI=1S/C20H40N4O3/c1-5-26-19(25)10-8-6-7-9-11-22-20(21-4)23-14-18-16-24(12-13-27-18)15-17(2)3/h17-18H,5-16H2,1-4H3,(H2,21,22,23). The lowest BCUT2D eigenvalue weighted by molar-refractivity contribution is -0.143. The summed E-state index contributed by atoms with van der Waals surface area (Å²) in [5.74, 6) is 1.42. The van der Waals surface area contributed by atoms with E-state index in [1.165, 1.54) is 0 Å². The minimum atomic E-state index is -0.0860. The fourth-order valence-corrected chi connectivity index (χ4v) is 3.21. The third-order valence-electron chi connectivity index (χ3n) is 4.47. The average Bonchev–Trinajstić information content (AvgIpc) is 2.63. The van der Waals surface area contributed by atoms with Crippen LogP contribution in [0.15, 0.2) is 4.99 Å². The van der Waals surface area contributed by atoms with Gasteiger partial charge in [0.1, 0.15) is 0 Å². The maximum atomic E-state index is 11.3. The molecule has 1 atom stereocenters. The Bertz CT molecular complexity index is 429. The Hall–Kier alpha value is -1.34. The van der Waals surface area contributed by atoms with Crippen molar-refractivity contribution in [3.05, 3.63) is 0 Å². The van der Waals surface area contributed by atoms with Crippen LogP contribution in [0.25, 0.3) is 0 Å². The summed E-state index contributed by atoms with van der Waals surface area (Å²) >= 11 is 0. The summed E-state index contributed by atoms with van der Waals surface area (Å²) in [6.45, 7) is 12.4. The Labute approximate surface area is 165 Å². The molecule has 0 amide bonds. The highest BCUT2D eigenvalue weighted by atomic mass is 16.5. The summed E-state index contributed by atoms with van der Waals surface area (Å²) in [5, 5.41) is 6.72. The number of guanidine groups is 1. The van der Waals surface area contributed by atoms with Crippen LogP contribution in [0.5, 0.6) is 0 Å². The van der Waals surface area contributed by atoms with Crippen LogP contribution < -0.4 is 10.6 Å². The molecule has 2 N–H and O–H groups in total. The topological polar surface area (TPSA) is 75.2 Å². The average molecular weight is 385 g/mol. The van der Waals surface area contributed by atoms with E-state index in [0.29, 0.717) is 18.9 Å². The van der Waals surface area contributed by atoms with E-state index in [2.05, 4.69) is 34.4 Å². The van der Waals surface area contributed by atoms with Gasteiger partial charge in [0, 0.05) is 46.2 Å². The van der Waals surface area contributed by atoms with Crippen molar-refractivity contribution in [2.45, 2.75) is 59.0 Å². The summed E-state index contributed by atoms with van der Waals surface area (Å²) in [7, 11) is 1.79. The zero-order chi connectivity index (χ0) is 19.9. The second-order valence-electron chi connectivity index (χ2n) is 7.50. The second kappa shape index (κ2) is 14.7. The molecule has 7 heteroatoms. The van der Waals surface area contributed by atoms with Crippen molar-refractivity contribution in [2.75, 3.05) is 53.0 Å². The predicted molar refractivity (Wildman–Crippen MR) is 110 cm³/mol. The zero-order valence-corrected chi connectivity index (χ0v) is 17.8. The summed E-state index contributed by atoms with van der Waals surface area (Å²) in [6.07, 6.45) is 4.84. The normalized spacial score (nSPS) is 18.6. The molecule has 158 valence electrons. The van der Waals surface area contributed by atoms with Gasteiger partial charge in [-0.05, 0) is 25.7 Å². The van der Waals surface area contributed by atoms with E-state index in [0.717, 1.165) is 71.0 Å². The van der Waals surface area contributed by atoms with Crippen LogP contribution in [-0.4, -0.2) is 75.9 Å². The van der Waals surface area contributed by atoms with Crippen molar-refractivity contribution in [3.8, 4) is 0 Å². The molecule has 0 bridgehead atoms. The predicted octanol–water partition coefficient (Wildman–Crippen LogP) is 2.02. The molecule has 0 radical (unpaired) electrons. The van der Waals surface area contributed by atoms with Crippen molar-refractivity contribution < 1.29 is 14.3 Å². The third kappa shape index (κ3) is 11.9. The Balaban J connectivity index is 2.08. The molecular formula is C20H40N4O3. The minimum absolute atomic E-state index is 0.0860. The molecule has 0 aromatic carbocycles. The van der Waals surface area contributed by atoms with E-state index >= 15 is 0 Å².